The first-order valence-electron chi connectivity index (χ1n) is 6.50. The first-order valence-corrected chi connectivity index (χ1v) is 6.50. The molecule has 1 N–H and O–H groups in total. The number of piperidine rings is 1. The Morgan fingerprint density at radius 3 is 2.94 bits per heavy atom. The van der Waals surface area contributed by atoms with Crippen molar-refractivity contribution in [3.63, 3.8) is 0 Å². The summed E-state index contributed by atoms with van der Waals surface area (Å²) < 4.78 is 0. The second kappa shape index (κ2) is 4.84. The second-order valence-corrected chi connectivity index (χ2v) is 4.85. The van der Waals surface area contributed by atoms with Crippen LogP contribution in [0.4, 0.5) is 0 Å². The molecule has 1 aromatic carbocycles. The normalized spacial score (nSPS) is 20.6. The van der Waals surface area contributed by atoms with E-state index < -0.39 is 0 Å². The van der Waals surface area contributed by atoms with Gasteiger partial charge in [0, 0.05) is 23.5 Å². The number of nitrogens with zero attached hydrogens (tertiary/aromatic N) is 1. The minimum absolute atomic E-state index is 0.623. The summed E-state index contributed by atoms with van der Waals surface area (Å²) in [5.74, 6) is 0. The van der Waals surface area contributed by atoms with E-state index in [0.29, 0.717) is 6.04 Å². The standard InChI is InChI=1S/C15H18N2/c1-2-7-15-12(5-1)8-9-14(17-15)11-13-6-3-4-10-16-13/h1-2,5,7-9,13,16H,3-4,6,10-11H2/t13-/m1/s1. The number of nitrogens with one attached hydrogen (secondary N) is 1. The molecule has 2 nitrogen and oxygen atoms in total. The Morgan fingerprint density at radius 1 is 1.12 bits per heavy atom. The first kappa shape index (κ1) is 10.7. The van der Waals surface area contributed by atoms with E-state index in [-0.39, 0.29) is 0 Å². The zero-order chi connectivity index (χ0) is 11.5. The van der Waals surface area contributed by atoms with Crippen LogP contribution in [0.3, 0.4) is 0 Å². The summed E-state index contributed by atoms with van der Waals surface area (Å²) >= 11 is 0. The smallest absolute Gasteiger partial charge is 0.0705 e. The van der Waals surface area contributed by atoms with Gasteiger partial charge in [-0.05, 0) is 31.5 Å². The van der Waals surface area contributed by atoms with Crippen LogP contribution in [0.1, 0.15) is 25.0 Å². The molecule has 1 saturated heterocycles. The third kappa shape index (κ3) is 2.47. The number of para-hydroxylation sites is 1. The summed E-state index contributed by atoms with van der Waals surface area (Å²) in [5, 5.41) is 4.81. The molecule has 0 spiro atoms. The molecule has 2 heterocycles. The van der Waals surface area contributed by atoms with E-state index in [9.17, 15) is 0 Å². The molecule has 1 fully saturated rings. The largest absolute Gasteiger partial charge is 0.314 e. The molecule has 1 aromatic heterocycles. The Hall–Kier alpha value is -1.41. The minimum atomic E-state index is 0.623. The van der Waals surface area contributed by atoms with Gasteiger partial charge in [0.1, 0.15) is 0 Å². The number of fused-ring (bicyclic) bond motifs is 1. The van der Waals surface area contributed by atoms with Gasteiger partial charge in [0.15, 0.2) is 0 Å². The highest BCUT2D eigenvalue weighted by Crippen LogP contribution is 2.15. The van der Waals surface area contributed by atoms with Crippen molar-refractivity contribution in [2.75, 3.05) is 6.54 Å². The molecule has 1 aliphatic rings. The maximum atomic E-state index is 4.73. The van der Waals surface area contributed by atoms with Crippen LogP contribution in [0.5, 0.6) is 0 Å². The molecular formula is C15H18N2. The van der Waals surface area contributed by atoms with Crippen molar-refractivity contribution in [3.8, 4) is 0 Å². The van der Waals surface area contributed by atoms with E-state index in [4.69, 9.17) is 4.98 Å². The molecule has 17 heavy (non-hydrogen) atoms. The molecule has 3 rings (SSSR count). The molecule has 2 heteroatoms. The van der Waals surface area contributed by atoms with Crippen LogP contribution >= 0.6 is 0 Å². The van der Waals surface area contributed by atoms with E-state index in [1.54, 1.807) is 0 Å². The van der Waals surface area contributed by atoms with Crippen molar-refractivity contribution in [3.05, 3.63) is 42.1 Å². The van der Waals surface area contributed by atoms with Gasteiger partial charge < -0.3 is 5.32 Å². The van der Waals surface area contributed by atoms with Crippen molar-refractivity contribution in [1.82, 2.24) is 10.3 Å². The van der Waals surface area contributed by atoms with Gasteiger partial charge in [-0.2, -0.15) is 0 Å². The highest BCUT2D eigenvalue weighted by molar-refractivity contribution is 5.78. The van der Waals surface area contributed by atoms with Crippen LogP contribution in [0.2, 0.25) is 0 Å². The zero-order valence-corrected chi connectivity index (χ0v) is 10.0. The van der Waals surface area contributed by atoms with Crippen molar-refractivity contribution >= 4 is 10.9 Å². The van der Waals surface area contributed by atoms with Crippen molar-refractivity contribution in [2.45, 2.75) is 31.7 Å². The van der Waals surface area contributed by atoms with Gasteiger partial charge in [0.05, 0.1) is 5.52 Å². The number of pyridine rings is 1. The molecule has 0 radical (unpaired) electrons. The Kier molecular flexibility index (Phi) is 3.06. The predicted octanol–water partition coefficient (Wildman–Crippen LogP) is 2.92. The Labute approximate surface area is 102 Å². The number of hydrogen-bond donors (Lipinski definition) is 1. The summed E-state index contributed by atoms with van der Waals surface area (Å²) in [5.41, 5.74) is 2.32. The zero-order valence-electron chi connectivity index (χ0n) is 10.0. The molecule has 0 bridgehead atoms. The summed E-state index contributed by atoms with van der Waals surface area (Å²) in [6.07, 6.45) is 5.02. The molecule has 2 aromatic rings. The fourth-order valence-electron chi connectivity index (χ4n) is 2.57. The molecule has 1 aliphatic heterocycles. The number of rotatable bonds is 2. The van der Waals surface area contributed by atoms with Crippen molar-refractivity contribution in [1.29, 1.82) is 0 Å². The lowest BCUT2D eigenvalue weighted by Gasteiger charge is -2.23. The van der Waals surface area contributed by atoms with Gasteiger partial charge >= 0.3 is 0 Å². The average molecular weight is 226 g/mol. The van der Waals surface area contributed by atoms with Crippen LogP contribution < -0.4 is 5.32 Å². The minimum Gasteiger partial charge on any atom is -0.314 e. The molecule has 0 saturated carbocycles. The predicted molar refractivity (Wildman–Crippen MR) is 71.1 cm³/mol. The molecule has 1 atom stereocenters. The summed E-state index contributed by atoms with van der Waals surface area (Å²) in [7, 11) is 0. The maximum Gasteiger partial charge on any atom is 0.0705 e. The van der Waals surface area contributed by atoms with Gasteiger partial charge in [-0.1, -0.05) is 30.7 Å². The topological polar surface area (TPSA) is 24.9 Å². The van der Waals surface area contributed by atoms with E-state index in [1.807, 2.05) is 0 Å². The number of aromatic nitrogens is 1. The Balaban J connectivity index is 1.80. The molecule has 0 unspecified atom stereocenters. The van der Waals surface area contributed by atoms with E-state index >= 15 is 0 Å². The van der Waals surface area contributed by atoms with Crippen LogP contribution in [-0.4, -0.2) is 17.6 Å². The highest BCUT2D eigenvalue weighted by atomic mass is 14.9. The van der Waals surface area contributed by atoms with Gasteiger partial charge in [0.25, 0.3) is 0 Å². The van der Waals surface area contributed by atoms with Crippen molar-refractivity contribution in [2.24, 2.45) is 0 Å². The second-order valence-electron chi connectivity index (χ2n) is 4.85. The fourth-order valence-corrected chi connectivity index (χ4v) is 2.57. The Bertz CT molecular complexity index is 501. The lowest BCUT2D eigenvalue weighted by Crippen LogP contribution is -2.35. The third-order valence-electron chi connectivity index (χ3n) is 3.52. The van der Waals surface area contributed by atoms with Crippen LogP contribution in [0.25, 0.3) is 10.9 Å². The van der Waals surface area contributed by atoms with E-state index in [1.165, 1.54) is 30.3 Å². The lowest BCUT2D eigenvalue weighted by molar-refractivity contribution is 0.397. The lowest BCUT2D eigenvalue weighted by atomic mass is 10.00. The van der Waals surface area contributed by atoms with Gasteiger partial charge in [-0.25, -0.2) is 0 Å². The summed E-state index contributed by atoms with van der Waals surface area (Å²) in [4.78, 5) is 4.73. The fraction of sp³-hybridized carbons (Fsp3) is 0.400. The van der Waals surface area contributed by atoms with Crippen molar-refractivity contribution < 1.29 is 0 Å². The average Bonchev–Trinajstić information content (AvgIpc) is 2.40. The molecular weight excluding hydrogens is 208 g/mol. The van der Waals surface area contributed by atoms with Gasteiger partial charge in [-0.3, -0.25) is 4.98 Å². The Morgan fingerprint density at radius 2 is 2.06 bits per heavy atom. The number of benzene rings is 1. The van der Waals surface area contributed by atoms with Crippen LogP contribution in [0, 0.1) is 0 Å². The van der Waals surface area contributed by atoms with Crippen LogP contribution in [-0.2, 0) is 6.42 Å². The number of hydrogen-bond acceptors (Lipinski definition) is 2. The van der Waals surface area contributed by atoms with Gasteiger partial charge in [0.2, 0.25) is 0 Å². The van der Waals surface area contributed by atoms with Crippen LogP contribution in [0.15, 0.2) is 36.4 Å². The molecule has 0 amide bonds. The monoisotopic (exact) mass is 226 g/mol. The van der Waals surface area contributed by atoms with Gasteiger partial charge in [-0.15, -0.1) is 0 Å². The highest BCUT2D eigenvalue weighted by Gasteiger charge is 2.13. The maximum absolute atomic E-state index is 4.73. The quantitative estimate of drug-likeness (QED) is 0.851. The molecule has 88 valence electrons. The third-order valence-corrected chi connectivity index (χ3v) is 3.52. The SMILES string of the molecule is c1ccc2nc(C[C@H]3CCCCN3)ccc2c1. The first-order chi connectivity index (χ1) is 8.42. The van der Waals surface area contributed by atoms with E-state index in [2.05, 4.69) is 41.7 Å². The van der Waals surface area contributed by atoms with E-state index in [0.717, 1.165) is 18.5 Å². The summed E-state index contributed by atoms with van der Waals surface area (Å²) in [6.45, 7) is 1.16. The molecule has 0 aliphatic carbocycles. The summed E-state index contributed by atoms with van der Waals surface area (Å²) in [6, 6.07) is 13.3.